The number of rotatable bonds is 8. The number of piperazine rings is 1. The van der Waals surface area contributed by atoms with E-state index < -0.39 is 43.5 Å². The summed E-state index contributed by atoms with van der Waals surface area (Å²) in [6.45, 7) is -0.839. The average molecular weight is 558 g/mol. The van der Waals surface area contributed by atoms with Crippen molar-refractivity contribution in [3.05, 3.63) is 101 Å². The summed E-state index contributed by atoms with van der Waals surface area (Å²) >= 11 is 0. The van der Waals surface area contributed by atoms with Crippen molar-refractivity contribution in [2.75, 3.05) is 19.6 Å². The number of carbonyl (C=O) groups is 1. The molecule has 4 rings (SSSR count). The number of nitrogens with zero attached hydrogens (tertiary/aromatic N) is 4. The van der Waals surface area contributed by atoms with Crippen LogP contribution >= 0.6 is 0 Å². The minimum atomic E-state index is -4.14. The summed E-state index contributed by atoms with van der Waals surface area (Å²) in [6.07, 6.45) is 1.24. The molecule has 0 aliphatic carbocycles. The molecule has 38 heavy (non-hydrogen) atoms. The van der Waals surface area contributed by atoms with Crippen molar-refractivity contribution in [1.82, 2.24) is 14.0 Å². The van der Waals surface area contributed by atoms with Gasteiger partial charge >= 0.3 is 0 Å². The van der Waals surface area contributed by atoms with Crippen LogP contribution in [-0.2, 0) is 24.8 Å². The van der Waals surface area contributed by atoms with E-state index in [9.17, 15) is 31.7 Å². The Bertz CT molecular complexity index is 1550. The number of nitrogens with one attached hydrogen (secondary N) is 1. The molecular weight excluding hydrogens is 534 g/mol. The second kappa shape index (κ2) is 11.2. The van der Waals surface area contributed by atoms with E-state index in [0.29, 0.717) is 5.56 Å². The molecule has 0 radical (unpaired) electrons. The molecule has 1 atom stereocenters. The van der Waals surface area contributed by atoms with Gasteiger partial charge in [0.25, 0.3) is 11.6 Å². The quantitative estimate of drug-likeness (QED) is 0.251. The Morgan fingerprint density at radius 3 is 1.97 bits per heavy atom. The number of sulfonamides is 2. The highest BCUT2D eigenvalue weighted by Gasteiger charge is 2.43. The minimum absolute atomic E-state index is 0.0229. The monoisotopic (exact) mass is 557 g/mol. The van der Waals surface area contributed by atoms with E-state index in [1.54, 1.807) is 36.4 Å². The fraction of sp³-hybridized carbons (Fsp3) is 0.167. The van der Waals surface area contributed by atoms with Crippen LogP contribution in [0.1, 0.15) is 5.56 Å². The number of nitro groups is 1. The Hall–Kier alpha value is -3.98. The highest BCUT2D eigenvalue weighted by Crippen LogP contribution is 2.25. The Kier molecular flexibility index (Phi) is 7.97. The maximum atomic E-state index is 13.4. The maximum absolute atomic E-state index is 13.4. The maximum Gasteiger partial charge on any atom is 0.269 e. The standard InChI is InChI=1S/C24H23N5O7S2/c30-24(26-25-17-19-11-13-20(14-12-19)29(31)32)23-18-27(37(33,34)21-7-3-1-4-8-21)15-16-28(23)38(35,36)22-9-5-2-6-10-22/h1-14,17,23H,15-16,18H2,(H,26,30)/b25-17-/t23-/m0/s1. The van der Waals surface area contributed by atoms with Crippen LogP contribution in [-0.4, -0.2) is 68.2 Å². The molecule has 0 aromatic heterocycles. The third-order valence-electron chi connectivity index (χ3n) is 5.82. The van der Waals surface area contributed by atoms with Gasteiger partial charge < -0.3 is 0 Å². The molecule has 0 bridgehead atoms. The van der Waals surface area contributed by atoms with Gasteiger partial charge in [-0.25, -0.2) is 22.3 Å². The molecule has 0 spiro atoms. The van der Waals surface area contributed by atoms with Crippen molar-refractivity contribution in [2.24, 2.45) is 5.10 Å². The molecule has 1 amide bonds. The molecule has 1 heterocycles. The van der Waals surface area contributed by atoms with Crippen LogP contribution < -0.4 is 5.43 Å². The van der Waals surface area contributed by atoms with Gasteiger partial charge in [0.15, 0.2) is 0 Å². The van der Waals surface area contributed by atoms with Crippen LogP contribution in [0.2, 0.25) is 0 Å². The van der Waals surface area contributed by atoms with Crippen molar-refractivity contribution >= 4 is 37.9 Å². The van der Waals surface area contributed by atoms with Crippen molar-refractivity contribution in [1.29, 1.82) is 0 Å². The van der Waals surface area contributed by atoms with E-state index in [1.165, 1.54) is 54.7 Å². The lowest BCUT2D eigenvalue weighted by molar-refractivity contribution is -0.384. The molecule has 0 saturated carbocycles. The molecule has 1 aliphatic heterocycles. The first-order valence-corrected chi connectivity index (χ1v) is 14.2. The number of benzene rings is 3. The Morgan fingerprint density at radius 1 is 0.868 bits per heavy atom. The van der Waals surface area contributed by atoms with Crippen LogP contribution in [0.15, 0.2) is 99.8 Å². The molecule has 3 aromatic carbocycles. The van der Waals surface area contributed by atoms with Crippen molar-refractivity contribution < 1.29 is 26.6 Å². The third kappa shape index (κ3) is 5.78. The molecule has 198 valence electrons. The van der Waals surface area contributed by atoms with Crippen LogP contribution in [0, 0.1) is 10.1 Å². The van der Waals surface area contributed by atoms with Gasteiger partial charge in [-0.1, -0.05) is 36.4 Å². The number of carbonyl (C=O) groups excluding carboxylic acids is 1. The van der Waals surface area contributed by atoms with Gasteiger partial charge in [0.05, 0.1) is 20.9 Å². The van der Waals surface area contributed by atoms with E-state index in [2.05, 4.69) is 10.5 Å². The lowest BCUT2D eigenvalue weighted by Crippen LogP contribution is -2.60. The third-order valence-corrected chi connectivity index (χ3v) is 9.62. The van der Waals surface area contributed by atoms with Crippen molar-refractivity contribution in [3.8, 4) is 0 Å². The van der Waals surface area contributed by atoms with Gasteiger partial charge in [-0.3, -0.25) is 14.9 Å². The molecule has 0 unspecified atom stereocenters. The average Bonchev–Trinajstić information content (AvgIpc) is 2.94. The summed E-state index contributed by atoms with van der Waals surface area (Å²) in [5.41, 5.74) is 2.60. The molecule has 1 saturated heterocycles. The summed E-state index contributed by atoms with van der Waals surface area (Å²) in [5, 5.41) is 14.6. The normalized spacial score (nSPS) is 17.3. The van der Waals surface area contributed by atoms with Gasteiger partial charge in [0, 0.05) is 31.8 Å². The SMILES string of the molecule is O=C(N/N=C\c1ccc([N+](=O)[O-])cc1)[C@@H]1CN(S(=O)(=O)c2ccccc2)CCN1S(=O)(=O)c1ccccc1. The van der Waals surface area contributed by atoms with Crippen LogP contribution in [0.4, 0.5) is 5.69 Å². The van der Waals surface area contributed by atoms with Gasteiger partial charge in [-0.2, -0.15) is 13.7 Å². The van der Waals surface area contributed by atoms with Gasteiger partial charge in [-0.15, -0.1) is 0 Å². The number of non-ortho nitro benzene ring substituents is 1. The smallest absolute Gasteiger partial charge is 0.269 e. The van der Waals surface area contributed by atoms with E-state index >= 15 is 0 Å². The molecule has 14 heteroatoms. The van der Waals surface area contributed by atoms with Gasteiger partial charge in [-0.05, 0) is 42.0 Å². The number of nitro benzene ring substituents is 1. The highest BCUT2D eigenvalue weighted by molar-refractivity contribution is 7.89. The molecular formula is C24H23N5O7S2. The summed E-state index contributed by atoms with van der Waals surface area (Å²) in [4.78, 5) is 23.4. The highest BCUT2D eigenvalue weighted by atomic mass is 32.2. The molecule has 1 N–H and O–H groups in total. The van der Waals surface area contributed by atoms with E-state index in [1.807, 2.05) is 0 Å². The van der Waals surface area contributed by atoms with Crippen LogP contribution in [0.5, 0.6) is 0 Å². The summed E-state index contributed by atoms with van der Waals surface area (Å²) in [7, 11) is -8.14. The van der Waals surface area contributed by atoms with Crippen molar-refractivity contribution in [2.45, 2.75) is 15.8 Å². The molecule has 3 aromatic rings. The van der Waals surface area contributed by atoms with Gasteiger partial charge in [0.2, 0.25) is 20.0 Å². The fourth-order valence-corrected chi connectivity index (χ4v) is 6.91. The lowest BCUT2D eigenvalue weighted by atomic mass is 10.2. The zero-order valence-corrected chi connectivity index (χ0v) is 21.5. The fourth-order valence-electron chi connectivity index (χ4n) is 3.86. The first kappa shape index (κ1) is 27.1. The molecule has 1 aliphatic rings. The Labute approximate surface area is 219 Å². The first-order chi connectivity index (χ1) is 18.1. The predicted octanol–water partition coefficient (Wildman–Crippen LogP) is 1.81. The zero-order chi connectivity index (χ0) is 27.3. The van der Waals surface area contributed by atoms with Crippen molar-refractivity contribution in [3.63, 3.8) is 0 Å². The van der Waals surface area contributed by atoms with E-state index in [-0.39, 0.29) is 28.6 Å². The first-order valence-electron chi connectivity index (χ1n) is 11.3. The Morgan fingerprint density at radius 2 is 1.42 bits per heavy atom. The topological polar surface area (TPSA) is 159 Å². The molecule has 12 nitrogen and oxygen atoms in total. The molecule has 1 fully saturated rings. The van der Waals surface area contributed by atoms with Crippen LogP contribution in [0.25, 0.3) is 0 Å². The lowest BCUT2D eigenvalue weighted by Gasteiger charge is -2.38. The number of amides is 1. The predicted molar refractivity (Wildman–Crippen MR) is 138 cm³/mol. The second-order valence-electron chi connectivity index (χ2n) is 8.20. The van der Waals surface area contributed by atoms with Crippen LogP contribution in [0.3, 0.4) is 0 Å². The minimum Gasteiger partial charge on any atom is -0.271 e. The number of hydrogen-bond donors (Lipinski definition) is 1. The Balaban J connectivity index is 1.60. The van der Waals surface area contributed by atoms with Gasteiger partial charge in [0.1, 0.15) is 6.04 Å². The second-order valence-corrected chi connectivity index (χ2v) is 12.0. The van der Waals surface area contributed by atoms with E-state index in [4.69, 9.17) is 0 Å². The number of hydrazone groups is 1. The number of hydrogen-bond acceptors (Lipinski definition) is 8. The zero-order valence-electron chi connectivity index (χ0n) is 19.8. The summed E-state index contributed by atoms with van der Waals surface area (Å²) in [6, 6.07) is 19.2. The van der Waals surface area contributed by atoms with E-state index in [0.717, 1.165) is 8.61 Å². The summed E-state index contributed by atoms with van der Waals surface area (Å²) in [5.74, 6) is -0.837. The summed E-state index contributed by atoms with van der Waals surface area (Å²) < 4.78 is 55.2. The largest absolute Gasteiger partial charge is 0.271 e.